The molecular formula is C14H21NO2. The molecule has 1 aromatic rings. The summed E-state index contributed by atoms with van der Waals surface area (Å²) in [5, 5.41) is 9.21. The van der Waals surface area contributed by atoms with Gasteiger partial charge >= 0.3 is 0 Å². The first-order chi connectivity index (χ1) is 7.95. The van der Waals surface area contributed by atoms with E-state index >= 15 is 0 Å². The number of benzene rings is 1. The number of nitrogens with zero attached hydrogens (tertiary/aromatic N) is 1. The minimum Gasteiger partial charge on any atom is -0.394 e. The molecule has 3 nitrogen and oxygen atoms in total. The Morgan fingerprint density at radius 2 is 1.88 bits per heavy atom. The van der Waals surface area contributed by atoms with Gasteiger partial charge in [-0.15, -0.1) is 0 Å². The lowest BCUT2D eigenvalue weighted by atomic mass is 10.0. The zero-order chi connectivity index (χ0) is 12.9. The molecule has 0 unspecified atom stereocenters. The predicted molar refractivity (Wildman–Crippen MR) is 68.9 cm³/mol. The molecule has 0 bridgehead atoms. The van der Waals surface area contributed by atoms with E-state index in [-0.39, 0.29) is 17.9 Å². The van der Waals surface area contributed by atoms with Gasteiger partial charge in [0.05, 0.1) is 13.2 Å². The summed E-state index contributed by atoms with van der Waals surface area (Å²) in [5.41, 5.74) is 0.680. The van der Waals surface area contributed by atoms with Crippen LogP contribution in [0.2, 0.25) is 0 Å². The third-order valence-corrected chi connectivity index (χ3v) is 3.08. The maximum atomic E-state index is 11.9. The highest BCUT2D eigenvalue weighted by atomic mass is 16.3. The minimum absolute atomic E-state index is 0.0438. The van der Waals surface area contributed by atoms with E-state index in [1.807, 2.05) is 56.1 Å². The van der Waals surface area contributed by atoms with Crippen molar-refractivity contribution in [2.75, 3.05) is 20.2 Å². The molecule has 3 heteroatoms. The Balaban J connectivity index is 2.51. The zero-order valence-electron chi connectivity index (χ0n) is 10.8. The van der Waals surface area contributed by atoms with Crippen LogP contribution in [0.15, 0.2) is 30.3 Å². The number of carbonyl (C=O) groups is 1. The Hall–Kier alpha value is -1.19. The molecule has 0 aliphatic rings. The maximum absolute atomic E-state index is 11.9. The van der Waals surface area contributed by atoms with Gasteiger partial charge in [-0.3, -0.25) is 9.69 Å². The van der Waals surface area contributed by atoms with Crippen molar-refractivity contribution < 1.29 is 9.90 Å². The molecule has 0 aromatic heterocycles. The molecule has 0 heterocycles. The molecule has 0 amide bonds. The molecule has 0 radical (unpaired) electrons. The van der Waals surface area contributed by atoms with Gasteiger partial charge in [-0.1, -0.05) is 30.3 Å². The predicted octanol–water partition coefficient (Wildman–Crippen LogP) is 1.50. The van der Waals surface area contributed by atoms with Gasteiger partial charge in [-0.05, 0) is 26.5 Å². The summed E-state index contributed by atoms with van der Waals surface area (Å²) < 4.78 is 0. The van der Waals surface area contributed by atoms with Gasteiger partial charge in [-0.2, -0.15) is 0 Å². The minimum atomic E-state index is -0.355. The summed E-state index contributed by atoms with van der Waals surface area (Å²) >= 11 is 0. The monoisotopic (exact) mass is 235 g/mol. The number of ketones is 1. The van der Waals surface area contributed by atoms with E-state index in [2.05, 4.69) is 0 Å². The first-order valence-electron chi connectivity index (χ1n) is 5.83. The Labute approximate surface area is 103 Å². The van der Waals surface area contributed by atoms with Gasteiger partial charge in [0.15, 0.2) is 5.78 Å². The summed E-state index contributed by atoms with van der Waals surface area (Å²) in [6.45, 7) is 4.25. The van der Waals surface area contributed by atoms with Crippen LogP contribution in [0.4, 0.5) is 0 Å². The molecule has 0 atom stereocenters. The molecule has 0 aliphatic heterocycles. The van der Waals surface area contributed by atoms with Gasteiger partial charge in [0.25, 0.3) is 0 Å². The van der Waals surface area contributed by atoms with Crippen LogP contribution in [0.5, 0.6) is 0 Å². The number of hydrogen-bond acceptors (Lipinski definition) is 3. The Morgan fingerprint density at radius 1 is 1.29 bits per heavy atom. The normalized spacial score (nSPS) is 11.8. The Kier molecular flexibility index (Phi) is 4.85. The van der Waals surface area contributed by atoms with E-state index in [1.165, 1.54) is 0 Å². The third kappa shape index (κ3) is 4.29. The Bertz CT molecular complexity index is 360. The molecule has 0 fully saturated rings. The van der Waals surface area contributed by atoms with Gasteiger partial charge < -0.3 is 5.11 Å². The highest BCUT2D eigenvalue weighted by Crippen LogP contribution is 2.11. The van der Waals surface area contributed by atoms with Crippen molar-refractivity contribution in [2.24, 2.45) is 0 Å². The molecule has 0 aliphatic carbocycles. The number of hydrogen-bond donors (Lipinski definition) is 1. The number of Topliss-reactive ketones (excluding diaryl/α,β-unsaturated/α-hetero) is 1. The van der Waals surface area contributed by atoms with Crippen LogP contribution < -0.4 is 0 Å². The number of likely N-dealkylation sites (N-methyl/N-ethyl adjacent to an activating group) is 1. The van der Waals surface area contributed by atoms with E-state index < -0.39 is 0 Å². The molecular weight excluding hydrogens is 214 g/mol. The van der Waals surface area contributed by atoms with Crippen LogP contribution >= 0.6 is 0 Å². The van der Waals surface area contributed by atoms with Crippen LogP contribution in [-0.4, -0.2) is 41.5 Å². The lowest BCUT2D eigenvalue weighted by molar-refractivity contribution is -0.120. The highest BCUT2D eigenvalue weighted by Gasteiger charge is 2.23. The summed E-state index contributed by atoms with van der Waals surface area (Å²) in [5.74, 6) is 0.167. The van der Waals surface area contributed by atoms with Crippen LogP contribution in [0, 0.1) is 0 Å². The van der Waals surface area contributed by atoms with Crippen molar-refractivity contribution in [3.63, 3.8) is 0 Å². The smallest absolute Gasteiger partial charge is 0.151 e. The van der Waals surface area contributed by atoms with Crippen molar-refractivity contribution in [2.45, 2.75) is 25.8 Å². The second kappa shape index (κ2) is 5.94. The molecule has 1 N–H and O–H groups in total. The fraction of sp³-hybridized carbons (Fsp3) is 0.500. The fourth-order valence-electron chi connectivity index (χ4n) is 1.48. The molecule has 1 rings (SSSR count). The first kappa shape index (κ1) is 13.9. The standard InChI is InChI=1S/C14H21NO2/c1-14(2,11-16)15(3)10-13(17)9-12-7-5-4-6-8-12/h4-8,16H,9-11H2,1-3H3. The topological polar surface area (TPSA) is 40.5 Å². The van der Waals surface area contributed by atoms with Crippen LogP contribution in [0.1, 0.15) is 19.4 Å². The fourth-order valence-corrected chi connectivity index (χ4v) is 1.48. The molecule has 94 valence electrons. The summed E-state index contributed by atoms with van der Waals surface area (Å²) in [6.07, 6.45) is 0.451. The molecule has 0 spiro atoms. The average molecular weight is 235 g/mol. The van der Waals surface area contributed by atoms with Gasteiger partial charge in [-0.25, -0.2) is 0 Å². The van der Waals surface area contributed by atoms with Crippen LogP contribution in [-0.2, 0) is 11.2 Å². The van der Waals surface area contributed by atoms with Gasteiger partial charge in [0.2, 0.25) is 0 Å². The second-order valence-corrected chi connectivity index (χ2v) is 5.03. The van der Waals surface area contributed by atoms with Crippen molar-refractivity contribution in [1.82, 2.24) is 4.90 Å². The lowest BCUT2D eigenvalue weighted by Crippen LogP contribution is -2.46. The van der Waals surface area contributed by atoms with Crippen molar-refractivity contribution in [3.8, 4) is 0 Å². The van der Waals surface area contributed by atoms with Gasteiger partial charge in [0, 0.05) is 12.0 Å². The average Bonchev–Trinajstić information content (AvgIpc) is 2.30. The summed E-state index contributed by atoms with van der Waals surface area (Å²) in [6, 6.07) is 9.72. The van der Waals surface area contributed by atoms with E-state index in [4.69, 9.17) is 0 Å². The van der Waals surface area contributed by atoms with Crippen molar-refractivity contribution in [3.05, 3.63) is 35.9 Å². The van der Waals surface area contributed by atoms with Crippen LogP contribution in [0.25, 0.3) is 0 Å². The second-order valence-electron chi connectivity index (χ2n) is 5.03. The van der Waals surface area contributed by atoms with E-state index in [1.54, 1.807) is 0 Å². The van der Waals surface area contributed by atoms with E-state index in [0.717, 1.165) is 5.56 Å². The quantitative estimate of drug-likeness (QED) is 0.812. The van der Waals surface area contributed by atoms with Gasteiger partial charge in [0.1, 0.15) is 0 Å². The lowest BCUT2D eigenvalue weighted by Gasteiger charge is -2.33. The first-order valence-corrected chi connectivity index (χ1v) is 5.83. The summed E-state index contributed by atoms with van der Waals surface area (Å²) in [4.78, 5) is 13.7. The number of aliphatic hydroxyl groups excluding tert-OH is 1. The maximum Gasteiger partial charge on any atom is 0.151 e. The SMILES string of the molecule is CN(CC(=O)Cc1ccccc1)C(C)(C)CO. The Morgan fingerprint density at radius 3 is 2.41 bits per heavy atom. The van der Waals surface area contributed by atoms with Crippen molar-refractivity contribution >= 4 is 5.78 Å². The number of rotatable bonds is 6. The van der Waals surface area contributed by atoms with Crippen LogP contribution in [0.3, 0.4) is 0 Å². The number of aliphatic hydroxyl groups is 1. The number of carbonyl (C=O) groups excluding carboxylic acids is 1. The molecule has 0 saturated heterocycles. The van der Waals surface area contributed by atoms with E-state index in [0.29, 0.717) is 13.0 Å². The highest BCUT2D eigenvalue weighted by molar-refractivity contribution is 5.82. The largest absolute Gasteiger partial charge is 0.394 e. The third-order valence-electron chi connectivity index (χ3n) is 3.08. The van der Waals surface area contributed by atoms with Crippen molar-refractivity contribution in [1.29, 1.82) is 0 Å². The van der Waals surface area contributed by atoms with E-state index in [9.17, 15) is 9.90 Å². The molecule has 17 heavy (non-hydrogen) atoms. The molecule has 0 saturated carbocycles. The molecule has 1 aromatic carbocycles. The zero-order valence-corrected chi connectivity index (χ0v) is 10.8. The summed E-state index contributed by atoms with van der Waals surface area (Å²) in [7, 11) is 1.86.